The molecule has 114 valence electrons. The van der Waals surface area contributed by atoms with Crippen LogP contribution in [0, 0.1) is 6.92 Å². The van der Waals surface area contributed by atoms with Gasteiger partial charge in [0.2, 0.25) is 5.82 Å². The molecule has 2 heterocycles. The average molecular weight is 292 g/mol. The monoisotopic (exact) mass is 292 g/mol. The zero-order chi connectivity index (χ0) is 16.0. The second-order valence-corrected chi connectivity index (χ2v) is 6.55. The normalized spacial score (nSPS) is 26.2. The third kappa shape index (κ3) is 2.10. The van der Waals surface area contributed by atoms with Crippen molar-refractivity contribution in [3.8, 4) is 0 Å². The molecule has 2 rings (SSSR count). The third-order valence-corrected chi connectivity index (χ3v) is 4.32. The van der Waals surface area contributed by atoms with Crippen LogP contribution in [0.5, 0.6) is 0 Å². The first-order valence-corrected chi connectivity index (χ1v) is 6.93. The van der Waals surface area contributed by atoms with Gasteiger partial charge in [0.15, 0.2) is 6.04 Å². The van der Waals surface area contributed by atoms with Gasteiger partial charge >= 0.3 is 12.0 Å². The summed E-state index contributed by atoms with van der Waals surface area (Å²) in [4.78, 5) is 30.1. The van der Waals surface area contributed by atoms with Gasteiger partial charge in [0, 0.05) is 18.8 Å². The maximum absolute atomic E-state index is 12.9. The number of quaternary nitrogens is 1. The standard InChI is InChI=1S/C15H21N3O3/c1-10-7-6-8-16-12(10)18(15(2,3)4)9-11(13(19)20)17(5)14(18)21/h6-8,11H,9H2,1-5H3/p+1. The number of pyridine rings is 1. The molecule has 1 aromatic heterocycles. The topological polar surface area (TPSA) is 70.5 Å². The molecule has 1 saturated heterocycles. The first-order valence-electron chi connectivity index (χ1n) is 6.93. The summed E-state index contributed by atoms with van der Waals surface area (Å²) in [5, 5.41) is 9.39. The van der Waals surface area contributed by atoms with Crippen molar-refractivity contribution in [3.63, 3.8) is 0 Å². The molecule has 1 aliphatic heterocycles. The van der Waals surface area contributed by atoms with Crippen molar-refractivity contribution in [3.05, 3.63) is 23.9 Å². The zero-order valence-electron chi connectivity index (χ0n) is 13.1. The summed E-state index contributed by atoms with van der Waals surface area (Å²) in [5.41, 5.74) is 0.398. The summed E-state index contributed by atoms with van der Waals surface area (Å²) in [6, 6.07) is 2.65. The molecule has 1 aliphatic rings. The SMILES string of the molecule is Cc1cccnc1[N+]1(C(C)(C)C)CC(C(=O)O)N(C)C1=O. The number of amides is 2. The van der Waals surface area contributed by atoms with E-state index in [2.05, 4.69) is 4.98 Å². The molecule has 1 aromatic rings. The summed E-state index contributed by atoms with van der Waals surface area (Å²) in [5.74, 6) is -0.353. The highest BCUT2D eigenvalue weighted by Crippen LogP contribution is 2.40. The van der Waals surface area contributed by atoms with E-state index < -0.39 is 17.6 Å². The Morgan fingerprint density at radius 2 is 2.10 bits per heavy atom. The molecule has 1 N–H and O–H groups in total. The molecule has 2 atom stereocenters. The zero-order valence-corrected chi connectivity index (χ0v) is 13.1. The van der Waals surface area contributed by atoms with Gasteiger partial charge in [-0.2, -0.15) is 4.48 Å². The van der Waals surface area contributed by atoms with Gasteiger partial charge in [0.1, 0.15) is 12.1 Å². The lowest BCUT2D eigenvalue weighted by Crippen LogP contribution is -2.64. The van der Waals surface area contributed by atoms with E-state index in [0.29, 0.717) is 5.82 Å². The summed E-state index contributed by atoms with van der Waals surface area (Å²) in [6.07, 6.45) is 1.65. The van der Waals surface area contributed by atoms with Crippen molar-refractivity contribution in [1.82, 2.24) is 14.4 Å². The van der Waals surface area contributed by atoms with E-state index in [-0.39, 0.29) is 17.1 Å². The predicted molar refractivity (Wildman–Crippen MR) is 80.0 cm³/mol. The van der Waals surface area contributed by atoms with Crippen LogP contribution in [0.1, 0.15) is 26.3 Å². The van der Waals surface area contributed by atoms with Crippen LogP contribution in [0.4, 0.5) is 10.6 Å². The van der Waals surface area contributed by atoms with Crippen LogP contribution in [0.3, 0.4) is 0 Å². The van der Waals surface area contributed by atoms with Crippen molar-refractivity contribution >= 4 is 17.8 Å². The smallest absolute Gasteiger partial charge is 0.426 e. The quantitative estimate of drug-likeness (QED) is 0.847. The number of carbonyl (C=O) groups excluding carboxylic acids is 1. The number of carboxylic acids is 1. The maximum atomic E-state index is 12.9. The number of aliphatic carboxylic acids is 1. The van der Waals surface area contributed by atoms with Crippen molar-refractivity contribution in [2.24, 2.45) is 0 Å². The number of likely N-dealkylation sites (N-methyl/N-ethyl adjacent to an activating group) is 1. The van der Waals surface area contributed by atoms with E-state index in [9.17, 15) is 14.7 Å². The van der Waals surface area contributed by atoms with Crippen LogP contribution in [0.15, 0.2) is 18.3 Å². The number of aryl methyl sites for hydroxylation is 1. The molecule has 0 radical (unpaired) electrons. The molecule has 21 heavy (non-hydrogen) atoms. The summed E-state index contributed by atoms with van der Waals surface area (Å²) in [6.45, 7) is 7.91. The minimum Gasteiger partial charge on any atom is -0.480 e. The number of urea groups is 1. The van der Waals surface area contributed by atoms with Crippen molar-refractivity contribution < 1.29 is 14.7 Å². The molecule has 1 fully saturated rings. The predicted octanol–water partition coefficient (Wildman–Crippen LogP) is 2.01. The molecule has 0 aromatic carbocycles. The molecule has 2 unspecified atom stereocenters. The van der Waals surface area contributed by atoms with E-state index in [1.54, 1.807) is 13.2 Å². The van der Waals surface area contributed by atoms with Gasteiger partial charge < -0.3 is 5.11 Å². The second kappa shape index (κ2) is 4.80. The fourth-order valence-electron chi connectivity index (χ4n) is 3.04. The highest BCUT2D eigenvalue weighted by atomic mass is 16.4. The highest BCUT2D eigenvalue weighted by molar-refractivity contribution is 5.95. The average Bonchev–Trinajstić information content (AvgIpc) is 2.64. The fraction of sp³-hybridized carbons (Fsp3) is 0.533. The summed E-state index contributed by atoms with van der Waals surface area (Å²) >= 11 is 0. The first-order chi connectivity index (χ1) is 9.63. The number of aromatic nitrogens is 1. The van der Waals surface area contributed by atoms with Crippen LogP contribution >= 0.6 is 0 Å². The summed E-state index contributed by atoms with van der Waals surface area (Å²) in [7, 11) is 1.55. The van der Waals surface area contributed by atoms with Crippen LogP contribution in [0.2, 0.25) is 0 Å². The minimum atomic E-state index is -0.983. The van der Waals surface area contributed by atoms with Gasteiger partial charge in [-0.1, -0.05) is 6.07 Å². The molecule has 6 heteroatoms. The van der Waals surface area contributed by atoms with Crippen molar-refractivity contribution in [2.45, 2.75) is 39.3 Å². The second-order valence-electron chi connectivity index (χ2n) is 6.55. The molecule has 0 saturated carbocycles. The van der Waals surface area contributed by atoms with Crippen LogP contribution in [0.25, 0.3) is 0 Å². The summed E-state index contributed by atoms with van der Waals surface area (Å²) < 4.78 is -0.0763. The minimum absolute atomic E-state index is 0.0763. The molecule has 6 nitrogen and oxygen atoms in total. The number of hydrogen-bond donors (Lipinski definition) is 1. The van der Waals surface area contributed by atoms with E-state index in [4.69, 9.17) is 0 Å². The van der Waals surface area contributed by atoms with Gasteiger partial charge in [-0.15, -0.1) is 0 Å². The Kier molecular flexibility index (Phi) is 3.53. The Morgan fingerprint density at radius 1 is 1.48 bits per heavy atom. The van der Waals surface area contributed by atoms with Gasteiger partial charge in [0.25, 0.3) is 0 Å². The molecular formula is C15H22N3O3+. The van der Waals surface area contributed by atoms with Gasteiger partial charge in [-0.3, -0.25) is 4.90 Å². The lowest BCUT2D eigenvalue weighted by molar-refractivity contribution is -0.140. The van der Waals surface area contributed by atoms with Gasteiger partial charge in [0.05, 0.1) is 0 Å². The molecule has 2 amide bonds. The number of rotatable bonds is 2. The van der Waals surface area contributed by atoms with Crippen LogP contribution in [-0.2, 0) is 4.79 Å². The molecular weight excluding hydrogens is 270 g/mol. The van der Waals surface area contributed by atoms with Gasteiger partial charge in [-0.05, 0) is 33.8 Å². The van der Waals surface area contributed by atoms with E-state index >= 15 is 0 Å². The maximum Gasteiger partial charge on any atom is 0.426 e. The first kappa shape index (κ1) is 15.4. The highest BCUT2D eigenvalue weighted by Gasteiger charge is 2.61. The number of carbonyl (C=O) groups is 2. The Hall–Kier alpha value is -1.95. The molecule has 0 spiro atoms. The van der Waals surface area contributed by atoms with E-state index in [1.807, 2.05) is 39.8 Å². The van der Waals surface area contributed by atoms with Crippen LogP contribution < -0.4 is 4.48 Å². The Labute approximate surface area is 124 Å². The van der Waals surface area contributed by atoms with E-state index in [1.165, 1.54) is 4.90 Å². The van der Waals surface area contributed by atoms with Crippen LogP contribution in [-0.4, -0.2) is 52.2 Å². The number of carboxylic acid groups (broad SMARTS) is 1. The van der Waals surface area contributed by atoms with Gasteiger partial charge in [-0.25, -0.2) is 14.6 Å². The Bertz CT molecular complexity index is 594. The van der Waals surface area contributed by atoms with Crippen molar-refractivity contribution in [2.75, 3.05) is 13.6 Å². The lowest BCUT2D eigenvalue weighted by Gasteiger charge is -2.41. The molecule has 0 bridgehead atoms. The Balaban J connectivity index is 2.69. The Morgan fingerprint density at radius 3 is 2.52 bits per heavy atom. The number of hydrogen-bond acceptors (Lipinski definition) is 3. The van der Waals surface area contributed by atoms with Crippen molar-refractivity contribution in [1.29, 1.82) is 0 Å². The molecule has 0 aliphatic carbocycles. The third-order valence-electron chi connectivity index (χ3n) is 4.32. The largest absolute Gasteiger partial charge is 0.480 e. The number of nitrogens with zero attached hydrogens (tertiary/aromatic N) is 3. The lowest BCUT2D eigenvalue weighted by atomic mass is 10.00. The van der Waals surface area contributed by atoms with E-state index in [0.717, 1.165) is 5.56 Å². The fourth-order valence-corrected chi connectivity index (χ4v) is 3.04.